The zero-order chi connectivity index (χ0) is 26.3. The smallest absolute Gasteiger partial charge is 0.0468 e. The molecular formula is C34H61N. The molecular weight excluding hydrogens is 422 g/mol. The Hall–Kier alpha value is -1.50. The standard InChI is InChI=1S/C34H61N/c1-29(2)23-21-19-17-15-13-11-9-10-12-14-16-18-20-22-24-33(8)35-34(31(5)6)28-27-32(7)26-25-30(3)4/h34-35H,1,3,5,7-28H2,2,4,6H3. The second-order valence-corrected chi connectivity index (χ2v) is 11.3. The summed E-state index contributed by atoms with van der Waals surface area (Å²) >= 11 is 0. The fourth-order valence-corrected chi connectivity index (χ4v) is 4.51. The molecule has 0 radical (unpaired) electrons. The molecule has 0 fully saturated rings. The van der Waals surface area contributed by atoms with E-state index in [4.69, 9.17) is 0 Å². The van der Waals surface area contributed by atoms with Crippen LogP contribution in [0.3, 0.4) is 0 Å². The van der Waals surface area contributed by atoms with E-state index in [1.807, 2.05) is 0 Å². The van der Waals surface area contributed by atoms with E-state index in [0.29, 0.717) is 6.04 Å². The molecule has 0 saturated heterocycles. The third-order valence-electron chi connectivity index (χ3n) is 7.00. The summed E-state index contributed by atoms with van der Waals surface area (Å²) in [5.41, 5.74) is 6.25. The lowest BCUT2D eigenvalue weighted by Gasteiger charge is -2.22. The van der Waals surface area contributed by atoms with Gasteiger partial charge in [-0.05, 0) is 72.1 Å². The fourth-order valence-electron chi connectivity index (χ4n) is 4.51. The summed E-state index contributed by atoms with van der Waals surface area (Å²) in [6, 6.07) is 0.311. The molecule has 0 aromatic carbocycles. The number of rotatable bonds is 26. The first kappa shape index (κ1) is 33.5. The SMILES string of the molecule is C=C(C)CCCCCCCCCCCCCCCCC(=C)NC(CCC(=C)CCC(=C)C)C(=C)C. The average molecular weight is 484 g/mol. The maximum absolute atomic E-state index is 4.28. The lowest BCUT2D eigenvalue weighted by atomic mass is 9.97. The van der Waals surface area contributed by atoms with Gasteiger partial charge in [-0.25, -0.2) is 0 Å². The van der Waals surface area contributed by atoms with Gasteiger partial charge in [0.05, 0.1) is 0 Å². The average Bonchev–Trinajstić information content (AvgIpc) is 2.79. The predicted octanol–water partition coefficient (Wildman–Crippen LogP) is 11.5. The van der Waals surface area contributed by atoms with Crippen LogP contribution in [0.25, 0.3) is 0 Å². The summed E-state index contributed by atoms with van der Waals surface area (Å²) in [6.07, 6.45) is 25.9. The molecule has 0 amide bonds. The lowest BCUT2D eigenvalue weighted by molar-refractivity contribution is 0.527. The van der Waals surface area contributed by atoms with Crippen LogP contribution in [0.1, 0.15) is 149 Å². The third-order valence-corrected chi connectivity index (χ3v) is 7.00. The molecule has 0 rings (SSSR count). The van der Waals surface area contributed by atoms with Crippen LogP contribution in [0.2, 0.25) is 0 Å². The minimum absolute atomic E-state index is 0.311. The molecule has 202 valence electrons. The van der Waals surface area contributed by atoms with Gasteiger partial charge in [0.25, 0.3) is 0 Å². The van der Waals surface area contributed by atoms with Crippen LogP contribution in [-0.4, -0.2) is 6.04 Å². The van der Waals surface area contributed by atoms with Gasteiger partial charge in [0.15, 0.2) is 0 Å². The van der Waals surface area contributed by atoms with Crippen molar-refractivity contribution >= 4 is 0 Å². The zero-order valence-electron chi connectivity index (χ0n) is 24.3. The van der Waals surface area contributed by atoms with Crippen molar-refractivity contribution in [2.75, 3.05) is 0 Å². The first-order chi connectivity index (χ1) is 16.7. The summed E-state index contributed by atoms with van der Waals surface area (Å²) in [5.74, 6) is 0. The normalized spacial score (nSPS) is 11.7. The van der Waals surface area contributed by atoms with Gasteiger partial charge in [0, 0.05) is 11.7 Å². The highest BCUT2D eigenvalue weighted by atomic mass is 14.9. The van der Waals surface area contributed by atoms with Crippen LogP contribution in [0, 0.1) is 0 Å². The molecule has 1 heteroatoms. The van der Waals surface area contributed by atoms with Crippen LogP contribution in [0.15, 0.2) is 60.9 Å². The second kappa shape index (κ2) is 22.9. The van der Waals surface area contributed by atoms with Crippen LogP contribution in [0.4, 0.5) is 0 Å². The van der Waals surface area contributed by atoms with Gasteiger partial charge in [-0.15, -0.1) is 13.2 Å². The van der Waals surface area contributed by atoms with E-state index >= 15 is 0 Å². The van der Waals surface area contributed by atoms with Gasteiger partial charge in [-0.3, -0.25) is 0 Å². The summed E-state index contributed by atoms with van der Waals surface area (Å²) in [7, 11) is 0. The molecule has 1 unspecified atom stereocenters. The quantitative estimate of drug-likeness (QED) is 0.0952. The molecule has 0 aliphatic heterocycles. The topological polar surface area (TPSA) is 12.0 Å². The molecule has 1 atom stereocenters. The Bertz CT molecular complexity index is 608. The first-order valence-corrected chi connectivity index (χ1v) is 14.8. The Balaban J connectivity index is 3.60. The Kier molecular flexibility index (Phi) is 21.9. The van der Waals surface area contributed by atoms with Crippen molar-refractivity contribution in [3.8, 4) is 0 Å². The minimum atomic E-state index is 0.311. The molecule has 0 spiro atoms. The number of allylic oxidation sites excluding steroid dienone is 4. The maximum Gasteiger partial charge on any atom is 0.0468 e. The van der Waals surface area contributed by atoms with Crippen LogP contribution < -0.4 is 5.32 Å². The molecule has 0 aromatic heterocycles. The number of unbranched alkanes of at least 4 members (excludes halogenated alkanes) is 13. The molecule has 0 saturated carbocycles. The largest absolute Gasteiger partial charge is 0.382 e. The minimum Gasteiger partial charge on any atom is -0.382 e. The highest BCUT2D eigenvalue weighted by Gasteiger charge is 2.11. The van der Waals surface area contributed by atoms with Crippen molar-refractivity contribution in [1.82, 2.24) is 5.32 Å². The molecule has 0 bridgehead atoms. The van der Waals surface area contributed by atoms with Gasteiger partial charge in [-0.1, -0.05) is 119 Å². The molecule has 0 heterocycles. The van der Waals surface area contributed by atoms with E-state index in [0.717, 1.165) is 32.1 Å². The van der Waals surface area contributed by atoms with E-state index in [-0.39, 0.29) is 0 Å². The van der Waals surface area contributed by atoms with E-state index in [1.165, 1.54) is 124 Å². The van der Waals surface area contributed by atoms with E-state index < -0.39 is 0 Å². The van der Waals surface area contributed by atoms with Crippen molar-refractivity contribution in [3.63, 3.8) is 0 Å². The van der Waals surface area contributed by atoms with Crippen LogP contribution >= 0.6 is 0 Å². The monoisotopic (exact) mass is 483 g/mol. The molecule has 0 aliphatic carbocycles. The van der Waals surface area contributed by atoms with E-state index in [2.05, 4.69) is 59.0 Å². The van der Waals surface area contributed by atoms with Crippen molar-refractivity contribution in [2.45, 2.75) is 155 Å². The van der Waals surface area contributed by atoms with E-state index in [1.54, 1.807) is 0 Å². The zero-order valence-corrected chi connectivity index (χ0v) is 24.3. The van der Waals surface area contributed by atoms with Gasteiger partial charge >= 0.3 is 0 Å². The van der Waals surface area contributed by atoms with Crippen molar-refractivity contribution in [1.29, 1.82) is 0 Å². The molecule has 0 aromatic rings. The van der Waals surface area contributed by atoms with Gasteiger partial charge in [-0.2, -0.15) is 0 Å². The van der Waals surface area contributed by atoms with Crippen molar-refractivity contribution in [3.05, 3.63) is 60.9 Å². The second-order valence-electron chi connectivity index (χ2n) is 11.3. The van der Waals surface area contributed by atoms with Crippen LogP contribution in [0.5, 0.6) is 0 Å². The van der Waals surface area contributed by atoms with Gasteiger partial charge in [0.1, 0.15) is 0 Å². The molecule has 35 heavy (non-hydrogen) atoms. The van der Waals surface area contributed by atoms with Gasteiger partial charge in [0.2, 0.25) is 0 Å². The molecule has 0 aliphatic rings. The Labute approximate surface area is 221 Å². The highest BCUT2D eigenvalue weighted by Crippen LogP contribution is 2.19. The maximum atomic E-state index is 4.28. The molecule has 1 nitrogen and oxygen atoms in total. The van der Waals surface area contributed by atoms with Crippen LogP contribution in [-0.2, 0) is 0 Å². The van der Waals surface area contributed by atoms with Gasteiger partial charge < -0.3 is 5.32 Å². The van der Waals surface area contributed by atoms with Crippen molar-refractivity contribution < 1.29 is 0 Å². The molecule has 1 N–H and O–H groups in total. The lowest BCUT2D eigenvalue weighted by Crippen LogP contribution is -2.29. The summed E-state index contributed by atoms with van der Waals surface area (Å²) in [6.45, 7) is 27.0. The Morgan fingerprint density at radius 3 is 1.29 bits per heavy atom. The third kappa shape index (κ3) is 24.0. The van der Waals surface area contributed by atoms with E-state index in [9.17, 15) is 0 Å². The Morgan fingerprint density at radius 1 is 0.486 bits per heavy atom. The highest BCUT2D eigenvalue weighted by molar-refractivity contribution is 5.09. The number of hydrogen-bond donors (Lipinski definition) is 1. The number of hydrogen-bond acceptors (Lipinski definition) is 1. The summed E-state index contributed by atoms with van der Waals surface area (Å²) in [4.78, 5) is 0. The Morgan fingerprint density at radius 2 is 0.886 bits per heavy atom. The summed E-state index contributed by atoms with van der Waals surface area (Å²) < 4.78 is 0. The first-order valence-electron chi connectivity index (χ1n) is 14.8. The number of nitrogens with one attached hydrogen (secondary N) is 1. The predicted molar refractivity (Wildman–Crippen MR) is 162 cm³/mol. The fraction of sp³-hybridized carbons (Fsp3) is 0.706. The summed E-state index contributed by atoms with van der Waals surface area (Å²) in [5, 5.41) is 3.63. The van der Waals surface area contributed by atoms with Crippen molar-refractivity contribution in [2.24, 2.45) is 0 Å².